The van der Waals surface area contributed by atoms with Crippen molar-refractivity contribution in [3.8, 4) is 22.9 Å². The molecule has 0 spiro atoms. The molecule has 2 aliphatic heterocycles. The number of carbonyl (C=O) groups excluding carboxylic acids is 2. The van der Waals surface area contributed by atoms with Gasteiger partial charge in [0, 0.05) is 32.0 Å². The first-order chi connectivity index (χ1) is 19.6. The van der Waals surface area contributed by atoms with E-state index in [9.17, 15) is 9.59 Å². The molecular formula is C31H38N4O5. The van der Waals surface area contributed by atoms with Gasteiger partial charge in [-0.05, 0) is 74.8 Å². The lowest BCUT2D eigenvalue weighted by Gasteiger charge is -2.37. The first-order valence-electron chi connectivity index (χ1n) is 14.4. The van der Waals surface area contributed by atoms with E-state index < -0.39 is 0 Å². The van der Waals surface area contributed by atoms with Gasteiger partial charge in [-0.2, -0.15) is 4.98 Å². The van der Waals surface area contributed by atoms with Crippen molar-refractivity contribution in [1.82, 2.24) is 19.9 Å². The minimum atomic E-state index is -0.0412. The van der Waals surface area contributed by atoms with Gasteiger partial charge in [0.2, 0.25) is 23.5 Å². The molecule has 2 bridgehead atoms. The molecule has 0 N–H and O–H groups in total. The predicted octanol–water partition coefficient (Wildman–Crippen LogP) is 4.69. The van der Waals surface area contributed by atoms with Gasteiger partial charge in [-0.25, -0.2) is 0 Å². The van der Waals surface area contributed by atoms with Gasteiger partial charge in [0.15, 0.2) is 0 Å². The van der Waals surface area contributed by atoms with E-state index in [1.54, 1.807) is 12.0 Å². The lowest BCUT2D eigenvalue weighted by molar-refractivity contribution is -0.143. The molecular weight excluding hydrogens is 508 g/mol. The molecule has 3 aromatic rings. The number of fused-ring (bicyclic) bond motifs is 3. The number of hydrogen-bond donors (Lipinski definition) is 0. The second-order valence-electron chi connectivity index (χ2n) is 10.5. The van der Waals surface area contributed by atoms with Gasteiger partial charge in [0.05, 0.1) is 25.8 Å². The maximum absolute atomic E-state index is 13.5. The second-order valence-corrected chi connectivity index (χ2v) is 10.5. The Kier molecular flexibility index (Phi) is 9.31. The Balaban J connectivity index is 1.21. The van der Waals surface area contributed by atoms with Crippen LogP contribution in [0.5, 0.6) is 11.5 Å². The number of nitrogens with zero attached hydrogens (tertiary/aromatic N) is 4. The van der Waals surface area contributed by atoms with Crippen molar-refractivity contribution in [2.75, 3.05) is 33.4 Å². The molecule has 5 rings (SSSR count). The van der Waals surface area contributed by atoms with E-state index in [1.807, 2.05) is 41.3 Å². The van der Waals surface area contributed by atoms with E-state index in [0.29, 0.717) is 56.3 Å². The number of piperidine rings is 1. The van der Waals surface area contributed by atoms with Crippen LogP contribution in [0.4, 0.5) is 0 Å². The standard InChI is InChI=1S/C31H38N4O5/c1-38-27-13-3-2-12-26(27)31-32-28(40-33-31)14-7-15-29(36)34-18-8-20-39-25-11-6-9-23(21-25)16-17-24-10-4-5-19-35(24)30(37)22-34/h2-3,6,9,11-13,21,24H,4-5,7-8,10,14-20,22H2,1H3. The maximum atomic E-state index is 13.5. The Morgan fingerprint density at radius 1 is 1.07 bits per heavy atom. The van der Waals surface area contributed by atoms with Crippen LogP contribution in [0.15, 0.2) is 53.1 Å². The minimum absolute atomic E-state index is 0.0412. The predicted molar refractivity (Wildman–Crippen MR) is 150 cm³/mol. The fraction of sp³-hybridized carbons (Fsp3) is 0.484. The summed E-state index contributed by atoms with van der Waals surface area (Å²) in [7, 11) is 1.60. The highest BCUT2D eigenvalue weighted by Gasteiger charge is 2.29. The van der Waals surface area contributed by atoms with Crippen LogP contribution in [0.25, 0.3) is 11.4 Å². The highest BCUT2D eigenvalue weighted by Crippen LogP contribution is 2.27. The van der Waals surface area contributed by atoms with Crippen LogP contribution in [0.3, 0.4) is 0 Å². The van der Waals surface area contributed by atoms with Crippen LogP contribution in [0.2, 0.25) is 0 Å². The molecule has 0 aliphatic carbocycles. The second kappa shape index (κ2) is 13.5. The number of methoxy groups -OCH3 is 1. The third-order valence-corrected chi connectivity index (χ3v) is 7.73. The quantitative estimate of drug-likeness (QED) is 0.442. The number of carbonyl (C=O) groups is 2. The number of hydrogen-bond acceptors (Lipinski definition) is 7. The highest BCUT2D eigenvalue weighted by molar-refractivity contribution is 5.85. The molecule has 1 unspecified atom stereocenters. The third kappa shape index (κ3) is 7.00. The summed E-state index contributed by atoms with van der Waals surface area (Å²) in [4.78, 5) is 35.0. The van der Waals surface area contributed by atoms with Gasteiger partial charge in [-0.3, -0.25) is 9.59 Å². The van der Waals surface area contributed by atoms with Gasteiger partial charge in [-0.1, -0.05) is 29.4 Å². The van der Waals surface area contributed by atoms with Crippen molar-refractivity contribution in [3.05, 3.63) is 60.0 Å². The number of para-hydroxylation sites is 1. The zero-order chi connectivity index (χ0) is 27.7. The third-order valence-electron chi connectivity index (χ3n) is 7.73. The monoisotopic (exact) mass is 546 g/mol. The molecule has 0 saturated carbocycles. The fourth-order valence-electron chi connectivity index (χ4n) is 5.59. The Hall–Kier alpha value is -3.88. The molecule has 1 aromatic heterocycles. The molecule has 2 amide bonds. The molecule has 40 heavy (non-hydrogen) atoms. The van der Waals surface area contributed by atoms with Crippen LogP contribution >= 0.6 is 0 Å². The summed E-state index contributed by atoms with van der Waals surface area (Å²) in [6.45, 7) is 1.84. The van der Waals surface area contributed by atoms with E-state index in [2.05, 4.69) is 22.3 Å². The lowest BCUT2D eigenvalue weighted by Crippen LogP contribution is -2.49. The summed E-state index contributed by atoms with van der Waals surface area (Å²) in [5, 5.41) is 4.09. The Morgan fingerprint density at radius 3 is 2.88 bits per heavy atom. The van der Waals surface area contributed by atoms with Crippen LogP contribution in [-0.4, -0.2) is 71.1 Å². The van der Waals surface area contributed by atoms with Gasteiger partial charge in [-0.15, -0.1) is 0 Å². The summed E-state index contributed by atoms with van der Waals surface area (Å²) >= 11 is 0. The summed E-state index contributed by atoms with van der Waals surface area (Å²) in [6.07, 6.45) is 6.96. The SMILES string of the molecule is COc1ccccc1-c1noc(CCCC(=O)N2CCCOc3cccc(c3)CCC3CCCCN3C(=O)C2)n1. The molecule has 2 aliphatic rings. The van der Waals surface area contributed by atoms with Crippen LogP contribution in [-0.2, 0) is 22.4 Å². The normalized spacial score (nSPS) is 18.4. The minimum Gasteiger partial charge on any atom is -0.496 e. The highest BCUT2D eigenvalue weighted by atomic mass is 16.5. The Bertz CT molecular complexity index is 1290. The van der Waals surface area contributed by atoms with Crippen molar-refractivity contribution in [1.29, 1.82) is 0 Å². The zero-order valence-corrected chi connectivity index (χ0v) is 23.2. The Labute approximate surface area is 235 Å². The smallest absolute Gasteiger partial charge is 0.242 e. The van der Waals surface area contributed by atoms with Crippen molar-refractivity contribution >= 4 is 11.8 Å². The molecule has 212 valence electrons. The molecule has 1 fully saturated rings. The number of aryl methyl sites for hydroxylation is 2. The van der Waals surface area contributed by atoms with Gasteiger partial charge >= 0.3 is 0 Å². The molecule has 2 aromatic carbocycles. The molecule has 1 atom stereocenters. The number of amides is 2. The van der Waals surface area contributed by atoms with Crippen LogP contribution in [0.1, 0.15) is 56.4 Å². The van der Waals surface area contributed by atoms with Crippen molar-refractivity contribution in [2.45, 2.75) is 63.8 Å². The van der Waals surface area contributed by atoms with E-state index >= 15 is 0 Å². The topological polar surface area (TPSA) is 98.0 Å². The first kappa shape index (κ1) is 27.7. The number of aromatic nitrogens is 2. The summed E-state index contributed by atoms with van der Waals surface area (Å²) in [5.41, 5.74) is 1.99. The average molecular weight is 547 g/mol. The van der Waals surface area contributed by atoms with Crippen molar-refractivity contribution < 1.29 is 23.6 Å². The maximum Gasteiger partial charge on any atom is 0.242 e. The van der Waals surface area contributed by atoms with E-state index in [-0.39, 0.29) is 24.4 Å². The average Bonchev–Trinajstić information content (AvgIpc) is 3.46. The van der Waals surface area contributed by atoms with Gasteiger partial charge in [0.25, 0.3) is 0 Å². The zero-order valence-electron chi connectivity index (χ0n) is 23.2. The molecule has 3 heterocycles. The summed E-state index contributed by atoms with van der Waals surface area (Å²) in [6, 6.07) is 15.9. The summed E-state index contributed by atoms with van der Waals surface area (Å²) in [5.74, 6) is 2.46. The van der Waals surface area contributed by atoms with Crippen LogP contribution in [0, 0.1) is 0 Å². The largest absolute Gasteiger partial charge is 0.496 e. The summed E-state index contributed by atoms with van der Waals surface area (Å²) < 4.78 is 16.8. The number of ether oxygens (including phenoxy) is 2. The van der Waals surface area contributed by atoms with Crippen LogP contribution < -0.4 is 9.47 Å². The first-order valence-corrected chi connectivity index (χ1v) is 14.4. The number of rotatable bonds is 6. The molecule has 9 nitrogen and oxygen atoms in total. The lowest BCUT2D eigenvalue weighted by atomic mass is 9.95. The van der Waals surface area contributed by atoms with Gasteiger partial charge < -0.3 is 23.8 Å². The van der Waals surface area contributed by atoms with E-state index in [4.69, 9.17) is 14.0 Å². The van der Waals surface area contributed by atoms with Crippen molar-refractivity contribution in [3.63, 3.8) is 0 Å². The fourth-order valence-corrected chi connectivity index (χ4v) is 5.59. The van der Waals surface area contributed by atoms with E-state index in [0.717, 1.165) is 50.0 Å². The molecule has 9 heteroatoms. The van der Waals surface area contributed by atoms with Gasteiger partial charge in [0.1, 0.15) is 11.5 Å². The molecule has 1 saturated heterocycles. The Morgan fingerprint density at radius 2 is 1.98 bits per heavy atom. The van der Waals surface area contributed by atoms with Crippen molar-refractivity contribution in [2.24, 2.45) is 0 Å². The van der Waals surface area contributed by atoms with E-state index in [1.165, 1.54) is 5.56 Å². The number of benzene rings is 2. The molecule has 0 radical (unpaired) electrons.